The van der Waals surface area contributed by atoms with E-state index in [4.69, 9.17) is 0 Å². The van der Waals surface area contributed by atoms with Crippen molar-refractivity contribution >= 4 is 18.5 Å². The summed E-state index contributed by atoms with van der Waals surface area (Å²) in [4.78, 5) is 14.9. The number of thiol groups is 1. The van der Waals surface area contributed by atoms with Crippen LogP contribution in [0.1, 0.15) is 18.9 Å². The molecule has 1 aliphatic rings. The zero-order valence-corrected chi connectivity index (χ0v) is 11.4. The van der Waals surface area contributed by atoms with Crippen LogP contribution >= 0.6 is 12.6 Å². The molecular weight excluding hydrogens is 246 g/mol. The number of aliphatic hydroxyl groups is 1. The van der Waals surface area contributed by atoms with Crippen LogP contribution in [0.3, 0.4) is 0 Å². The quantitative estimate of drug-likeness (QED) is 0.817. The van der Waals surface area contributed by atoms with E-state index in [1.807, 2.05) is 29.2 Å². The molecule has 1 aromatic carbocycles. The highest BCUT2D eigenvalue weighted by Gasteiger charge is 2.28. The Morgan fingerprint density at radius 2 is 2.17 bits per heavy atom. The number of aliphatic hydroxyl groups excluding tert-OH is 1. The fourth-order valence-electron chi connectivity index (χ4n) is 2.31. The summed E-state index contributed by atoms with van der Waals surface area (Å²) in [5.41, 5.74) is 1.01. The average molecular weight is 265 g/mol. The highest BCUT2D eigenvalue weighted by Crippen LogP contribution is 2.20. The summed E-state index contributed by atoms with van der Waals surface area (Å²) in [7, 11) is 0. The number of amides is 1. The first-order valence-corrected chi connectivity index (χ1v) is 6.74. The zero-order chi connectivity index (χ0) is 13.1. The van der Waals surface area contributed by atoms with Crippen molar-refractivity contribution in [2.75, 3.05) is 13.1 Å². The van der Waals surface area contributed by atoms with Crippen molar-refractivity contribution in [2.24, 2.45) is 5.92 Å². The van der Waals surface area contributed by atoms with Crippen LogP contribution in [0, 0.1) is 5.92 Å². The molecule has 0 bridgehead atoms. The molecule has 1 heterocycles. The number of nitrogens with zero attached hydrogens (tertiary/aromatic N) is 1. The van der Waals surface area contributed by atoms with Gasteiger partial charge in [0.05, 0.1) is 12.5 Å². The minimum Gasteiger partial charge on any atom is -0.393 e. The average Bonchev–Trinajstić information content (AvgIpc) is 2.81. The maximum atomic E-state index is 12.1. The lowest BCUT2D eigenvalue weighted by Crippen LogP contribution is -2.31. The smallest absolute Gasteiger partial charge is 0.227 e. The van der Waals surface area contributed by atoms with Gasteiger partial charge in [-0.2, -0.15) is 0 Å². The topological polar surface area (TPSA) is 40.5 Å². The van der Waals surface area contributed by atoms with E-state index < -0.39 is 0 Å². The highest BCUT2D eigenvalue weighted by atomic mass is 32.1. The van der Waals surface area contributed by atoms with Gasteiger partial charge in [0.15, 0.2) is 0 Å². The van der Waals surface area contributed by atoms with E-state index >= 15 is 0 Å². The van der Waals surface area contributed by atoms with E-state index in [1.54, 1.807) is 6.92 Å². The van der Waals surface area contributed by atoms with Gasteiger partial charge in [-0.05, 0) is 31.0 Å². The molecule has 0 spiro atoms. The molecule has 2 atom stereocenters. The Morgan fingerprint density at radius 3 is 2.72 bits per heavy atom. The van der Waals surface area contributed by atoms with Crippen LogP contribution in [0.15, 0.2) is 29.2 Å². The number of likely N-dealkylation sites (tertiary alicyclic amines) is 1. The molecule has 4 heteroatoms. The van der Waals surface area contributed by atoms with Gasteiger partial charge in [-0.1, -0.05) is 12.1 Å². The normalized spacial score (nSPS) is 21.1. The molecule has 1 aromatic rings. The first-order chi connectivity index (χ1) is 8.56. The molecule has 0 radical (unpaired) electrons. The summed E-state index contributed by atoms with van der Waals surface area (Å²) in [6.07, 6.45) is 1.01. The van der Waals surface area contributed by atoms with Gasteiger partial charge >= 0.3 is 0 Å². The monoisotopic (exact) mass is 265 g/mol. The number of hydrogen-bond acceptors (Lipinski definition) is 3. The number of benzene rings is 1. The largest absolute Gasteiger partial charge is 0.393 e. The fraction of sp³-hybridized carbons (Fsp3) is 0.500. The van der Waals surface area contributed by atoms with Crippen molar-refractivity contribution in [3.05, 3.63) is 29.8 Å². The van der Waals surface area contributed by atoms with Crippen molar-refractivity contribution in [2.45, 2.75) is 30.8 Å². The molecule has 1 fully saturated rings. The molecule has 1 amide bonds. The molecule has 0 saturated carbocycles. The van der Waals surface area contributed by atoms with Crippen LogP contribution in [0.25, 0.3) is 0 Å². The number of carbonyl (C=O) groups excluding carboxylic acids is 1. The molecule has 0 aromatic heterocycles. The molecule has 1 N–H and O–H groups in total. The standard InChI is InChI=1S/C14H19NO2S/c1-10(16)12-6-7-15(9-12)14(17)8-11-2-4-13(18)5-3-11/h2-5,10,12,16,18H,6-9H2,1H3. The van der Waals surface area contributed by atoms with Gasteiger partial charge in [-0.3, -0.25) is 4.79 Å². The third-order valence-corrected chi connectivity index (χ3v) is 3.85. The Kier molecular flexibility index (Phi) is 4.30. The van der Waals surface area contributed by atoms with E-state index in [-0.39, 0.29) is 17.9 Å². The summed E-state index contributed by atoms with van der Waals surface area (Å²) < 4.78 is 0. The minimum atomic E-state index is -0.328. The summed E-state index contributed by atoms with van der Waals surface area (Å²) >= 11 is 4.22. The predicted octanol–water partition coefficient (Wildman–Crippen LogP) is 1.75. The minimum absolute atomic E-state index is 0.144. The van der Waals surface area contributed by atoms with Crippen molar-refractivity contribution < 1.29 is 9.90 Å². The van der Waals surface area contributed by atoms with E-state index in [9.17, 15) is 9.90 Å². The van der Waals surface area contributed by atoms with Crippen molar-refractivity contribution in [3.8, 4) is 0 Å². The summed E-state index contributed by atoms with van der Waals surface area (Å²) in [5, 5.41) is 9.53. The van der Waals surface area contributed by atoms with Crippen LogP contribution in [-0.2, 0) is 11.2 Å². The van der Waals surface area contributed by atoms with Crippen LogP contribution in [-0.4, -0.2) is 35.1 Å². The summed E-state index contributed by atoms with van der Waals surface area (Å²) in [6.45, 7) is 3.24. The maximum Gasteiger partial charge on any atom is 0.227 e. The fourth-order valence-corrected chi connectivity index (χ4v) is 2.46. The van der Waals surface area contributed by atoms with Crippen LogP contribution in [0.5, 0.6) is 0 Å². The Morgan fingerprint density at radius 1 is 1.50 bits per heavy atom. The maximum absolute atomic E-state index is 12.1. The van der Waals surface area contributed by atoms with Gasteiger partial charge in [0, 0.05) is 23.9 Å². The van der Waals surface area contributed by atoms with Gasteiger partial charge in [0.1, 0.15) is 0 Å². The predicted molar refractivity (Wildman–Crippen MR) is 73.8 cm³/mol. The molecule has 2 unspecified atom stereocenters. The number of hydrogen-bond donors (Lipinski definition) is 2. The molecular formula is C14H19NO2S. The second-order valence-electron chi connectivity index (χ2n) is 4.97. The summed E-state index contributed by atoms with van der Waals surface area (Å²) in [6, 6.07) is 7.66. The second kappa shape index (κ2) is 5.76. The third kappa shape index (κ3) is 3.27. The van der Waals surface area contributed by atoms with E-state index in [2.05, 4.69) is 12.6 Å². The first-order valence-electron chi connectivity index (χ1n) is 6.30. The lowest BCUT2D eigenvalue weighted by Gasteiger charge is -2.17. The number of carbonyl (C=O) groups is 1. The van der Waals surface area contributed by atoms with Crippen LogP contribution in [0.4, 0.5) is 0 Å². The van der Waals surface area contributed by atoms with Crippen molar-refractivity contribution in [1.29, 1.82) is 0 Å². The molecule has 1 aliphatic heterocycles. The molecule has 18 heavy (non-hydrogen) atoms. The molecule has 0 aliphatic carbocycles. The van der Waals surface area contributed by atoms with Gasteiger partial charge in [-0.25, -0.2) is 0 Å². The van der Waals surface area contributed by atoms with E-state index in [0.717, 1.165) is 23.4 Å². The third-order valence-electron chi connectivity index (χ3n) is 3.55. The van der Waals surface area contributed by atoms with Gasteiger partial charge in [0.2, 0.25) is 5.91 Å². The van der Waals surface area contributed by atoms with Crippen LogP contribution < -0.4 is 0 Å². The van der Waals surface area contributed by atoms with Gasteiger partial charge in [-0.15, -0.1) is 12.6 Å². The Hall–Kier alpha value is -1.00. The lowest BCUT2D eigenvalue weighted by atomic mass is 10.0. The SMILES string of the molecule is CC(O)C1CCN(C(=O)Cc2ccc(S)cc2)C1. The molecule has 1 saturated heterocycles. The van der Waals surface area contributed by atoms with Gasteiger partial charge < -0.3 is 10.0 Å². The van der Waals surface area contributed by atoms with Crippen molar-refractivity contribution in [1.82, 2.24) is 4.90 Å². The molecule has 98 valence electrons. The van der Waals surface area contributed by atoms with E-state index in [0.29, 0.717) is 13.0 Å². The number of rotatable bonds is 3. The van der Waals surface area contributed by atoms with Crippen LogP contribution in [0.2, 0.25) is 0 Å². The Bertz CT molecular complexity index is 416. The second-order valence-corrected chi connectivity index (χ2v) is 5.49. The Labute approximate surface area is 113 Å². The van der Waals surface area contributed by atoms with Gasteiger partial charge in [0.25, 0.3) is 0 Å². The van der Waals surface area contributed by atoms with Crippen molar-refractivity contribution in [3.63, 3.8) is 0 Å². The summed E-state index contributed by atoms with van der Waals surface area (Å²) in [5.74, 6) is 0.374. The first kappa shape index (κ1) is 13.4. The highest BCUT2D eigenvalue weighted by molar-refractivity contribution is 7.80. The lowest BCUT2D eigenvalue weighted by molar-refractivity contribution is -0.129. The Balaban J connectivity index is 1.91. The van der Waals surface area contributed by atoms with E-state index in [1.165, 1.54) is 0 Å². The zero-order valence-electron chi connectivity index (χ0n) is 10.5. The molecule has 3 nitrogen and oxygen atoms in total. The molecule has 2 rings (SSSR count).